The van der Waals surface area contributed by atoms with Gasteiger partial charge in [-0.25, -0.2) is 4.68 Å². The third kappa shape index (κ3) is 3.28. The van der Waals surface area contributed by atoms with Gasteiger partial charge in [-0.15, -0.1) is 5.10 Å². The molecule has 1 saturated heterocycles. The first-order valence-corrected chi connectivity index (χ1v) is 7.94. The molecule has 0 radical (unpaired) electrons. The van der Waals surface area contributed by atoms with Crippen LogP contribution in [0.2, 0.25) is 0 Å². The molecule has 0 N–H and O–H groups in total. The average Bonchev–Trinajstić information content (AvgIpc) is 2.98. The number of tetrazole rings is 1. The molecule has 2 aromatic rings. The zero-order valence-electron chi connectivity index (χ0n) is 12.3. The molecule has 0 bridgehead atoms. The number of rotatable bonds is 4. The quantitative estimate of drug-likeness (QED) is 0.780. The summed E-state index contributed by atoms with van der Waals surface area (Å²) >= 11 is 1.37. The predicted octanol–water partition coefficient (Wildman–Crippen LogP) is 0.902. The Kier molecular flexibility index (Phi) is 4.69. The summed E-state index contributed by atoms with van der Waals surface area (Å²) in [6.07, 6.45) is 0. The van der Waals surface area contributed by atoms with Crippen LogP contribution >= 0.6 is 11.8 Å². The second-order valence-electron chi connectivity index (χ2n) is 4.93. The van der Waals surface area contributed by atoms with Gasteiger partial charge >= 0.3 is 0 Å². The smallest absolute Gasteiger partial charge is 0.240 e. The van der Waals surface area contributed by atoms with Crippen molar-refractivity contribution >= 4 is 17.7 Å². The summed E-state index contributed by atoms with van der Waals surface area (Å²) in [5, 5.41) is 11.7. The van der Waals surface area contributed by atoms with Gasteiger partial charge in [0.1, 0.15) is 5.25 Å². The average molecular weight is 319 g/mol. The molecule has 0 saturated carbocycles. The molecule has 0 aliphatic carbocycles. The summed E-state index contributed by atoms with van der Waals surface area (Å²) in [5.41, 5.74) is 0.951. The van der Waals surface area contributed by atoms with Gasteiger partial charge in [0, 0.05) is 20.1 Å². The Morgan fingerprint density at radius 3 is 2.64 bits per heavy atom. The molecule has 1 atom stereocenters. The van der Waals surface area contributed by atoms with Crippen molar-refractivity contribution in [2.75, 3.05) is 26.3 Å². The monoisotopic (exact) mass is 319 g/mol. The van der Waals surface area contributed by atoms with E-state index in [0.717, 1.165) is 5.56 Å². The van der Waals surface area contributed by atoms with Crippen molar-refractivity contribution in [3.8, 4) is 0 Å². The van der Waals surface area contributed by atoms with Crippen LogP contribution in [-0.2, 0) is 16.6 Å². The van der Waals surface area contributed by atoms with E-state index in [1.165, 1.54) is 11.8 Å². The molecule has 116 valence electrons. The lowest BCUT2D eigenvalue weighted by Crippen LogP contribution is -2.42. The first kappa shape index (κ1) is 15.0. The normalized spacial score (nSPS) is 16.5. The number of ether oxygens (including phenoxy) is 1. The number of aromatic nitrogens is 4. The number of benzene rings is 1. The van der Waals surface area contributed by atoms with E-state index in [1.807, 2.05) is 35.2 Å². The lowest BCUT2D eigenvalue weighted by molar-refractivity contribution is -0.134. The van der Waals surface area contributed by atoms with Gasteiger partial charge in [-0.1, -0.05) is 42.1 Å². The number of hydrogen-bond acceptors (Lipinski definition) is 6. The molecule has 1 aliphatic heterocycles. The molecule has 1 aromatic heterocycles. The van der Waals surface area contributed by atoms with E-state index < -0.39 is 0 Å². The molecule has 22 heavy (non-hydrogen) atoms. The van der Waals surface area contributed by atoms with E-state index in [2.05, 4.69) is 15.5 Å². The number of carbonyl (C=O) groups excluding carboxylic acids is 1. The number of thioether (sulfide) groups is 1. The molecule has 2 heterocycles. The molecule has 1 aromatic carbocycles. The van der Waals surface area contributed by atoms with Crippen molar-refractivity contribution in [1.82, 2.24) is 25.1 Å². The fourth-order valence-electron chi connectivity index (χ4n) is 2.26. The van der Waals surface area contributed by atoms with Crippen molar-refractivity contribution in [3.63, 3.8) is 0 Å². The molecular weight excluding hydrogens is 302 g/mol. The first-order valence-electron chi connectivity index (χ1n) is 7.06. The Morgan fingerprint density at radius 1 is 1.27 bits per heavy atom. The Bertz CT molecular complexity index is 627. The second-order valence-corrected chi connectivity index (χ2v) is 6.00. The third-order valence-electron chi connectivity index (χ3n) is 3.45. The largest absolute Gasteiger partial charge is 0.378 e. The molecule has 7 nitrogen and oxygen atoms in total. The van der Waals surface area contributed by atoms with Gasteiger partial charge in [0.25, 0.3) is 0 Å². The second kappa shape index (κ2) is 6.89. The number of hydrogen-bond donors (Lipinski definition) is 0. The lowest BCUT2D eigenvalue weighted by atomic mass is 10.1. The van der Waals surface area contributed by atoms with E-state index >= 15 is 0 Å². The number of morpholine rings is 1. The minimum Gasteiger partial charge on any atom is -0.378 e. The van der Waals surface area contributed by atoms with E-state index in [4.69, 9.17) is 4.74 Å². The van der Waals surface area contributed by atoms with Gasteiger partial charge < -0.3 is 9.64 Å². The zero-order valence-corrected chi connectivity index (χ0v) is 13.1. The van der Waals surface area contributed by atoms with E-state index in [1.54, 1.807) is 11.7 Å². The summed E-state index contributed by atoms with van der Waals surface area (Å²) < 4.78 is 6.90. The van der Waals surface area contributed by atoms with Gasteiger partial charge in [-0.05, 0) is 16.0 Å². The number of nitrogens with zero attached hydrogens (tertiary/aromatic N) is 5. The zero-order chi connectivity index (χ0) is 15.4. The van der Waals surface area contributed by atoms with Crippen LogP contribution in [0.1, 0.15) is 10.8 Å². The minimum atomic E-state index is -0.357. The molecule has 1 aliphatic rings. The van der Waals surface area contributed by atoms with E-state index in [9.17, 15) is 4.79 Å². The molecule has 8 heteroatoms. The minimum absolute atomic E-state index is 0.0718. The molecule has 0 unspecified atom stereocenters. The molecular formula is C14H17N5O2S. The van der Waals surface area contributed by atoms with Gasteiger partial charge in [0.2, 0.25) is 11.1 Å². The summed E-state index contributed by atoms with van der Waals surface area (Å²) in [7, 11) is 1.77. The van der Waals surface area contributed by atoms with Crippen LogP contribution in [0.15, 0.2) is 35.5 Å². The van der Waals surface area contributed by atoms with Crippen molar-refractivity contribution in [1.29, 1.82) is 0 Å². The van der Waals surface area contributed by atoms with Crippen LogP contribution in [0.3, 0.4) is 0 Å². The van der Waals surface area contributed by atoms with Gasteiger partial charge in [-0.3, -0.25) is 4.79 Å². The fraction of sp³-hybridized carbons (Fsp3) is 0.429. The number of aryl methyl sites for hydroxylation is 1. The van der Waals surface area contributed by atoms with Crippen LogP contribution in [0.25, 0.3) is 0 Å². The van der Waals surface area contributed by atoms with Crippen LogP contribution < -0.4 is 0 Å². The lowest BCUT2D eigenvalue weighted by Gasteiger charge is -2.30. The maximum Gasteiger partial charge on any atom is 0.240 e. The van der Waals surface area contributed by atoms with Gasteiger partial charge in [0.15, 0.2) is 0 Å². The van der Waals surface area contributed by atoms with Crippen molar-refractivity contribution in [2.24, 2.45) is 7.05 Å². The highest BCUT2D eigenvalue weighted by Gasteiger charge is 2.29. The van der Waals surface area contributed by atoms with Crippen LogP contribution in [0.5, 0.6) is 0 Å². The van der Waals surface area contributed by atoms with E-state index in [-0.39, 0.29) is 11.2 Å². The van der Waals surface area contributed by atoms with Gasteiger partial charge in [-0.2, -0.15) is 0 Å². The SMILES string of the molecule is Cn1nnnc1S[C@H](C(=O)N1CCOCC1)c1ccccc1. The first-order chi connectivity index (χ1) is 10.8. The van der Waals surface area contributed by atoms with Crippen LogP contribution in [0, 0.1) is 0 Å². The topological polar surface area (TPSA) is 73.1 Å². The van der Waals surface area contributed by atoms with Crippen molar-refractivity contribution < 1.29 is 9.53 Å². The Balaban J connectivity index is 1.85. The summed E-state index contributed by atoms with van der Waals surface area (Å²) in [6.45, 7) is 2.42. The Hall–Kier alpha value is -1.93. The highest BCUT2D eigenvalue weighted by Crippen LogP contribution is 2.35. The molecule has 1 amide bonds. The maximum absolute atomic E-state index is 12.9. The summed E-state index contributed by atoms with van der Waals surface area (Å²) in [6, 6.07) is 9.72. The number of amides is 1. The number of carbonyl (C=O) groups is 1. The highest BCUT2D eigenvalue weighted by molar-refractivity contribution is 8.00. The van der Waals surface area contributed by atoms with Crippen molar-refractivity contribution in [2.45, 2.75) is 10.4 Å². The molecule has 1 fully saturated rings. The maximum atomic E-state index is 12.9. The molecule has 0 spiro atoms. The van der Waals surface area contributed by atoms with Crippen LogP contribution in [0.4, 0.5) is 0 Å². The summed E-state index contributed by atoms with van der Waals surface area (Å²) in [4.78, 5) is 14.8. The standard InChI is InChI=1S/C14H17N5O2S/c1-18-14(15-16-17-18)22-12(11-5-3-2-4-6-11)13(20)19-7-9-21-10-8-19/h2-6,12H,7-10H2,1H3/t12-/m0/s1. The Morgan fingerprint density at radius 2 is 2.00 bits per heavy atom. The highest BCUT2D eigenvalue weighted by atomic mass is 32.2. The third-order valence-corrected chi connectivity index (χ3v) is 4.72. The molecule has 3 rings (SSSR count). The van der Waals surface area contributed by atoms with Crippen LogP contribution in [-0.4, -0.2) is 57.3 Å². The van der Waals surface area contributed by atoms with Gasteiger partial charge in [0.05, 0.1) is 13.2 Å². The fourth-order valence-corrected chi connectivity index (χ4v) is 3.29. The predicted molar refractivity (Wildman–Crippen MR) is 81.2 cm³/mol. The summed E-state index contributed by atoms with van der Waals surface area (Å²) in [5.74, 6) is 0.0718. The van der Waals surface area contributed by atoms with E-state index in [0.29, 0.717) is 31.5 Å². The Labute approximate surface area is 132 Å². The van der Waals surface area contributed by atoms with Crippen molar-refractivity contribution in [3.05, 3.63) is 35.9 Å².